The van der Waals surface area contributed by atoms with Gasteiger partial charge in [-0.3, -0.25) is 4.79 Å². The van der Waals surface area contributed by atoms with Crippen molar-refractivity contribution in [3.63, 3.8) is 0 Å². The van der Waals surface area contributed by atoms with Crippen molar-refractivity contribution in [3.05, 3.63) is 35.1 Å². The van der Waals surface area contributed by atoms with Gasteiger partial charge in [0.1, 0.15) is 5.82 Å². The number of carbonyl (C=O) groups excluding carboxylic acids is 1. The molecule has 1 aromatic rings. The van der Waals surface area contributed by atoms with Crippen molar-refractivity contribution < 1.29 is 18.0 Å². The topological polar surface area (TPSA) is 41.1 Å². The molecule has 0 spiro atoms. The molecule has 2 rings (SSSR count). The van der Waals surface area contributed by atoms with Crippen LogP contribution in [0.25, 0.3) is 0 Å². The first-order chi connectivity index (χ1) is 9.08. The predicted octanol–water partition coefficient (Wildman–Crippen LogP) is 1.72. The number of benzene rings is 1. The Morgan fingerprint density at radius 1 is 1.26 bits per heavy atom. The summed E-state index contributed by atoms with van der Waals surface area (Å²) in [6, 6.07) is 1.37. The Labute approximate surface area is 109 Å². The minimum Gasteiger partial charge on any atom is -0.352 e. The van der Waals surface area contributed by atoms with Crippen molar-refractivity contribution in [2.45, 2.75) is 19.4 Å². The summed E-state index contributed by atoms with van der Waals surface area (Å²) in [6.07, 6.45) is 1.43. The number of piperidine rings is 1. The predicted molar refractivity (Wildman–Crippen MR) is 63.8 cm³/mol. The second-order valence-electron chi connectivity index (χ2n) is 4.60. The molecule has 1 heterocycles. The lowest BCUT2D eigenvalue weighted by Crippen LogP contribution is -2.38. The standard InChI is InChI=1S/C13H15F3N2O/c14-10-5-9(12(16)11(15)6-10)7-18-13(19)8-1-3-17-4-2-8/h5-6,8,17H,1-4,7H2,(H,18,19). The number of amides is 1. The van der Waals surface area contributed by atoms with Crippen LogP contribution < -0.4 is 10.6 Å². The van der Waals surface area contributed by atoms with Crippen LogP contribution in [0.1, 0.15) is 18.4 Å². The fourth-order valence-corrected chi connectivity index (χ4v) is 2.15. The maximum atomic E-state index is 13.4. The number of halogens is 3. The summed E-state index contributed by atoms with van der Waals surface area (Å²) >= 11 is 0. The lowest BCUT2D eigenvalue weighted by Gasteiger charge is -2.21. The quantitative estimate of drug-likeness (QED) is 0.823. The van der Waals surface area contributed by atoms with Crippen LogP contribution >= 0.6 is 0 Å². The van der Waals surface area contributed by atoms with Crippen molar-refractivity contribution in [2.24, 2.45) is 5.92 Å². The van der Waals surface area contributed by atoms with Gasteiger partial charge in [-0.15, -0.1) is 0 Å². The fraction of sp³-hybridized carbons (Fsp3) is 0.462. The van der Waals surface area contributed by atoms with Crippen LogP contribution in [-0.2, 0) is 11.3 Å². The molecule has 0 atom stereocenters. The van der Waals surface area contributed by atoms with Crippen molar-refractivity contribution in [2.75, 3.05) is 13.1 Å². The SMILES string of the molecule is O=C(NCc1cc(F)cc(F)c1F)C1CCNCC1. The van der Waals surface area contributed by atoms with E-state index in [4.69, 9.17) is 0 Å². The van der Waals surface area contributed by atoms with E-state index in [9.17, 15) is 18.0 Å². The number of hydrogen-bond donors (Lipinski definition) is 2. The molecule has 1 aliphatic heterocycles. The molecule has 1 fully saturated rings. The summed E-state index contributed by atoms with van der Waals surface area (Å²) in [5, 5.41) is 5.65. The Bertz CT molecular complexity index is 473. The van der Waals surface area contributed by atoms with Gasteiger partial charge < -0.3 is 10.6 Å². The van der Waals surface area contributed by atoms with Gasteiger partial charge in [-0.2, -0.15) is 0 Å². The van der Waals surface area contributed by atoms with Crippen molar-refractivity contribution in [1.82, 2.24) is 10.6 Å². The Balaban J connectivity index is 1.96. The van der Waals surface area contributed by atoms with Crippen LogP contribution in [0.5, 0.6) is 0 Å². The minimum absolute atomic E-state index is 0.122. The first-order valence-corrected chi connectivity index (χ1v) is 6.20. The van der Waals surface area contributed by atoms with Crippen LogP contribution in [0, 0.1) is 23.4 Å². The third kappa shape index (κ3) is 3.47. The maximum absolute atomic E-state index is 13.4. The van der Waals surface area contributed by atoms with Gasteiger partial charge in [-0.05, 0) is 32.0 Å². The third-order valence-corrected chi connectivity index (χ3v) is 3.23. The maximum Gasteiger partial charge on any atom is 0.223 e. The molecule has 0 bridgehead atoms. The molecule has 0 radical (unpaired) electrons. The van der Waals surface area contributed by atoms with Gasteiger partial charge in [0.2, 0.25) is 5.91 Å². The van der Waals surface area contributed by atoms with Gasteiger partial charge in [-0.25, -0.2) is 13.2 Å². The molecule has 1 aliphatic rings. The van der Waals surface area contributed by atoms with E-state index in [1.807, 2.05) is 0 Å². The van der Waals surface area contributed by atoms with E-state index in [2.05, 4.69) is 10.6 Å². The second kappa shape index (κ2) is 6.06. The van der Waals surface area contributed by atoms with Gasteiger partial charge in [0.05, 0.1) is 0 Å². The van der Waals surface area contributed by atoms with Crippen LogP contribution in [0.4, 0.5) is 13.2 Å². The molecule has 3 nitrogen and oxygen atoms in total. The summed E-state index contributed by atoms with van der Waals surface area (Å²) in [7, 11) is 0. The van der Waals surface area contributed by atoms with Crippen LogP contribution in [-0.4, -0.2) is 19.0 Å². The molecule has 0 unspecified atom stereocenters. The van der Waals surface area contributed by atoms with Crippen LogP contribution in [0.15, 0.2) is 12.1 Å². The summed E-state index contributed by atoms with van der Waals surface area (Å²) in [4.78, 5) is 11.8. The van der Waals surface area contributed by atoms with E-state index in [0.717, 1.165) is 19.2 Å². The molecular weight excluding hydrogens is 257 g/mol. The van der Waals surface area contributed by atoms with E-state index >= 15 is 0 Å². The molecule has 0 aromatic heterocycles. The van der Waals surface area contributed by atoms with Crippen LogP contribution in [0.2, 0.25) is 0 Å². The van der Waals surface area contributed by atoms with E-state index in [0.29, 0.717) is 18.9 Å². The highest BCUT2D eigenvalue weighted by Gasteiger charge is 2.21. The summed E-state index contributed by atoms with van der Waals surface area (Å²) < 4.78 is 39.3. The van der Waals surface area contributed by atoms with Gasteiger partial charge in [0.25, 0.3) is 0 Å². The summed E-state index contributed by atoms with van der Waals surface area (Å²) in [6.45, 7) is 1.32. The zero-order chi connectivity index (χ0) is 13.8. The summed E-state index contributed by atoms with van der Waals surface area (Å²) in [5.74, 6) is -3.54. The van der Waals surface area contributed by atoms with Gasteiger partial charge in [0.15, 0.2) is 11.6 Å². The molecule has 1 saturated heterocycles. The lowest BCUT2D eigenvalue weighted by molar-refractivity contribution is -0.125. The molecule has 2 N–H and O–H groups in total. The smallest absolute Gasteiger partial charge is 0.223 e. The van der Waals surface area contributed by atoms with Crippen LogP contribution in [0.3, 0.4) is 0 Å². The zero-order valence-corrected chi connectivity index (χ0v) is 10.3. The Morgan fingerprint density at radius 2 is 1.95 bits per heavy atom. The first kappa shape index (κ1) is 13.9. The average Bonchev–Trinajstić information content (AvgIpc) is 2.41. The normalized spacial score (nSPS) is 16.4. The van der Waals surface area contributed by atoms with Crippen molar-refractivity contribution in [1.29, 1.82) is 0 Å². The van der Waals surface area contributed by atoms with E-state index < -0.39 is 17.5 Å². The highest BCUT2D eigenvalue weighted by Crippen LogP contribution is 2.15. The van der Waals surface area contributed by atoms with E-state index in [1.54, 1.807) is 0 Å². The Kier molecular flexibility index (Phi) is 4.42. The van der Waals surface area contributed by atoms with Crippen molar-refractivity contribution >= 4 is 5.91 Å². The molecule has 6 heteroatoms. The van der Waals surface area contributed by atoms with Gasteiger partial charge in [0, 0.05) is 24.1 Å². The average molecular weight is 272 g/mol. The zero-order valence-electron chi connectivity index (χ0n) is 10.3. The monoisotopic (exact) mass is 272 g/mol. The molecule has 0 saturated carbocycles. The fourth-order valence-electron chi connectivity index (χ4n) is 2.15. The lowest BCUT2D eigenvalue weighted by atomic mass is 9.97. The van der Waals surface area contributed by atoms with Crippen molar-refractivity contribution in [3.8, 4) is 0 Å². The highest BCUT2D eigenvalue weighted by atomic mass is 19.2. The molecule has 0 aliphatic carbocycles. The molecular formula is C13H15F3N2O. The van der Waals surface area contributed by atoms with E-state index in [1.165, 1.54) is 0 Å². The Hall–Kier alpha value is -1.56. The number of carbonyl (C=O) groups is 1. The third-order valence-electron chi connectivity index (χ3n) is 3.23. The largest absolute Gasteiger partial charge is 0.352 e. The number of nitrogens with one attached hydrogen (secondary N) is 2. The highest BCUT2D eigenvalue weighted by molar-refractivity contribution is 5.78. The van der Waals surface area contributed by atoms with Gasteiger partial charge >= 0.3 is 0 Å². The molecule has 104 valence electrons. The first-order valence-electron chi connectivity index (χ1n) is 6.20. The number of rotatable bonds is 3. The second-order valence-corrected chi connectivity index (χ2v) is 4.60. The molecule has 1 aromatic carbocycles. The molecule has 1 amide bonds. The Morgan fingerprint density at radius 3 is 2.63 bits per heavy atom. The van der Waals surface area contributed by atoms with Gasteiger partial charge in [-0.1, -0.05) is 0 Å². The summed E-state index contributed by atoms with van der Waals surface area (Å²) in [5.41, 5.74) is -0.181. The molecule has 19 heavy (non-hydrogen) atoms. The van der Waals surface area contributed by atoms with E-state index in [-0.39, 0.29) is 23.9 Å². The number of hydrogen-bond acceptors (Lipinski definition) is 2. The minimum atomic E-state index is -1.24.